The number of rotatable bonds is 3. The van der Waals surface area contributed by atoms with Crippen LogP contribution in [0.2, 0.25) is 0 Å². The molecule has 1 saturated carbocycles. The Balaban J connectivity index is 1.52. The molecule has 0 spiro atoms. The van der Waals surface area contributed by atoms with Crippen LogP contribution in [0.4, 0.5) is 0 Å². The molecule has 1 aliphatic carbocycles. The van der Waals surface area contributed by atoms with Crippen molar-refractivity contribution < 1.29 is 4.79 Å². The molecule has 1 aromatic rings. The maximum Gasteiger partial charge on any atom is 0.223 e. The average Bonchev–Trinajstić information content (AvgIpc) is 3.19. The van der Waals surface area contributed by atoms with Gasteiger partial charge in [0, 0.05) is 23.9 Å². The topological polar surface area (TPSA) is 41.1 Å². The van der Waals surface area contributed by atoms with Crippen LogP contribution in [-0.4, -0.2) is 24.5 Å². The summed E-state index contributed by atoms with van der Waals surface area (Å²) in [6.45, 7) is 3.12. The van der Waals surface area contributed by atoms with Crippen LogP contribution in [0.5, 0.6) is 0 Å². The number of carbonyl (C=O) groups excluding carboxylic acids is 1. The average molecular weight is 258 g/mol. The van der Waals surface area contributed by atoms with Gasteiger partial charge in [0.15, 0.2) is 0 Å². The monoisotopic (exact) mass is 258 g/mol. The Bertz CT molecular complexity index is 445. The summed E-state index contributed by atoms with van der Waals surface area (Å²) in [5, 5.41) is 6.62. The van der Waals surface area contributed by atoms with Crippen LogP contribution < -0.4 is 10.6 Å². The fourth-order valence-corrected chi connectivity index (χ4v) is 3.09. The van der Waals surface area contributed by atoms with Crippen LogP contribution in [0, 0.1) is 5.92 Å². The Kier molecular flexibility index (Phi) is 3.56. The van der Waals surface area contributed by atoms with E-state index >= 15 is 0 Å². The molecule has 102 valence electrons. The first-order valence-electron chi connectivity index (χ1n) is 7.32. The number of carbonyl (C=O) groups is 1. The van der Waals surface area contributed by atoms with Crippen LogP contribution in [0.15, 0.2) is 30.3 Å². The normalized spacial score (nSPS) is 33.7. The van der Waals surface area contributed by atoms with Crippen LogP contribution in [0.1, 0.15) is 37.7 Å². The van der Waals surface area contributed by atoms with Gasteiger partial charge in [0.25, 0.3) is 0 Å². The van der Waals surface area contributed by atoms with E-state index in [0.29, 0.717) is 18.0 Å². The molecular weight excluding hydrogens is 236 g/mol. The van der Waals surface area contributed by atoms with Crippen LogP contribution in [-0.2, 0) is 4.79 Å². The second kappa shape index (κ2) is 5.33. The van der Waals surface area contributed by atoms with E-state index < -0.39 is 0 Å². The lowest BCUT2D eigenvalue weighted by molar-refractivity contribution is -0.126. The van der Waals surface area contributed by atoms with Crippen LogP contribution >= 0.6 is 0 Å². The highest BCUT2D eigenvalue weighted by molar-refractivity contribution is 5.79. The molecule has 4 unspecified atom stereocenters. The summed E-state index contributed by atoms with van der Waals surface area (Å²) >= 11 is 0. The van der Waals surface area contributed by atoms with Crippen molar-refractivity contribution in [2.75, 3.05) is 6.54 Å². The van der Waals surface area contributed by atoms with Gasteiger partial charge in [0.05, 0.1) is 0 Å². The molecule has 1 amide bonds. The third-order valence-corrected chi connectivity index (χ3v) is 4.34. The number of hydrogen-bond acceptors (Lipinski definition) is 2. The third-order valence-electron chi connectivity index (χ3n) is 4.34. The van der Waals surface area contributed by atoms with E-state index in [1.165, 1.54) is 5.56 Å². The maximum absolute atomic E-state index is 12.2. The van der Waals surface area contributed by atoms with Gasteiger partial charge in [-0.25, -0.2) is 0 Å². The number of hydrogen-bond donors (Lipinski definition) is 2. The van der Waals surface area contributed by atoms with Crippen molar-refractivity contribution in [1.82, 2.24) is 10.6 Å². The summed E-state index contributed by atoms with van der Waals surface area (Å²) in [4.78, 5) is 12.2. The summed E-state index contributed by atoms with van der Waals surface area (Å²) < 4.78 is 0. The first-order valence-corrected chi connectivity index (χ1v) is 7.32. The molecule has 4 atom stereocenters. The molecule has 1 saturated heterocycles. The summed E-state index contributed by atoms with van der Waals surface area (Å²) in [5.74, 6) is 0.995. The summed E-state index contributed by atoms with van der Waals surface area (Å²) in [7, 11) is 0. The molecule has 1 aliphatic heterocycles. The molecule has 0 radical (unpaired) electrons. The van der Waals surface area contributed by atoms with E-state index in [1.807, 2.05) is 6.07 Å². The molecule has 2 N–H and O–H groups in total. The van der Waals surface area contributed by atoms with Gasteiger partial charge in [0.2, 0.25) is 5.91 Å². The van der Waals surface area contributed by atoms with E-state index in [-0.39, 0.29) is 11.8 Å². The molecule has 3 heteroatoms. The predicted octanol–water partition coefficient (Wildman–Crippen LogP) is 2.05. The smallest absolute Gasteiger partial charge is 0.223 e. The third kappa shape index (κ3) is 2.98. The SMILES string of the molecule is CC1CC(C(=O)NC2CC2c2ccccc2)CCN1. The van der Waals surface area contributed by atoms with Gasteiger partial charge in [-0.15, -0.1) is 0 Å². The molecule has 2 fully saturated rings. The standard InChI is InChI=1S/C16H22N2O/c1-11-9-13(7-8-17-11)16(19)18-15-10-14(15)12-5-3-2-4-6-12/h2-6,11,13-15,17H,7-10H2,1H3,(H,18,19). The lowest BCUT2D eigenvalue weighted by atomic mass is 9.92. The summed E-state index contributed by atoms with van der Waals surface area (Å²) in [6, 6.07) is 11.3. The van der Waals surface area contributed by atoms with Crippen molar-refractivity contribution in [3.8, 4) is 0 Å². The van der Waals surface area contributed by atoms with Gasteiger partial charge in [-0.05, 0) is 38.3 Å². The molecule has 19 heavy (non-hydrogen) atoms. The molecule has 2 aliphatic rings. The Morgan fingerprint density at radius 1 is 1.26 bits per heavy atom. The second-order valence-electron chi connectivity index (χ2n) is 5.94. The number of piperidine rings is 1. The van der Waals surface area contributed by atoms with Crippen LogP contribution in [0.25, 0.3) is 0 Å². The van der Waals surface area contributed by atoms with E-state index in [0.717, 1.165) is 25.8 Å². The van der Waals surface area contributed by atoms with Gasteiger partial charge < -0.3 is 10.6 Å². The Morgan fingerprint density at radius 2 is 2.05 bits per heavy atom. The predicted molar refractivity (Wildman–Crippen MR) is 75.9 cm³/mol. The number of amides is 1. The Morgan fingerprint density at radius 3 is 2.79 bits per heavy atom. The lowest BCUT2D eigenvalue weighted by Crippen LogP contribution is -2.43. The van der Waals surface area contributed by atoms with Gasteiger partial charge in [-0.3, -0.25) is 4.79 Å². The maximum atomic E-state index is 12.2. The first-order chi connectivity index (χ1) is 9.24. The van der Waals surface area contributed by atoms with Crippen LogP contribution in [0.3, 0.4) is 0 Å². The highest BCUT2D eigenvalue weighted by Crippen LogP contribution is 2.40. The molecule has 3 rings (SSSR count). The minimum absolute atomic E-state index is 0.202. The van der Waals surface area contributed by atoms with E-state index in [1.54, 1.807) is 0 Å². The van der Waals surface area contributed by atoms with Crippen molar-refractivity contribution in [2.24, 2.45) is 5.92 Å². The van der Waals surface area contributed by atoms with E-state index in [9.17, 15) is 4.79 Å². The zero-order chi connectivity index (χ0) is 13.2. The molecular formula is C16H22N2O. The fraction of sp³-hybridized carbons (Fsp3) is 0.562. The minimum Gasteiger partial charge on any atom is -0.352 e. The summed E-state index contributed by atoms with van der Waals surface area (Å²) in [5.41, 5.74) is 1.35. The van der Waals surface area contributed by atoms with Gasteiger partial charge in [0.1, 0.15) is 0 Å². The zero-order valence-corrected chi connectivity index (χ0v) is 11.4. The van der Waals surface area contributed by atoms with Gasteiger partial charge >= 0.3 is 0 Å². The molecule has 1 aromatic carbocycles. The highest BCUT2D eigenvalue weighted by Gasteiger charge is 2.40. The van der Waals surface area contributed by atoms with Crippen molar-refractivity contribution >= 4 is 5.91 Å². The molecule has 3 nitrogen and oxygen atoms in total. The van der Waals surface area contributed by atoms with Crippen molar-refractivity contribution in [3.63, 3.8) is 0 Å². The van der Waals surface area contributed by atoms with Crippen molar-refractivity contribution in [2.45, 2.75) is 44.2 Å². The largest absolute Gasteiger partial charge is 0.352 e. The lowest BCUT2D eigenvalue weighted by Gasteiger charge is -2.27. The van der Waals surface area contributed by atoms with Crippen molar-refractivity contribution in [1.29, 1.82) is 0 Å². The second-order valence-corrected chi connectivity index (χ2v) is 5.94. The minimum atomic E-state index is 0.202. The number of benzene rings is 1. The first kappa shape index (κ1) is 12.7. The quantitative estimate of drug-likeness (QED) is 0.871. The fourth-order valence-electron chi connectivity index (χ4n) is 3.09. The number of nitrogens with one attached hydrogen (secondary N) is 2. The molecule has 0 bridgehead atoms. The summed E-state index contributed by atoms with van der Waals surface area (Å²) in [6.07, 6.45) is 3.03. The van der Waals surface area contributed by atoms with E-state index in [4.69, 9.17) is 0 Å². The Hall–Kier alpha value is -1.35. The molecule has 0 aromatic heterocycles. The zero-order valence-electron chi connectivity index (χ0n) is 11.4. The van der Waals surface area contributed by atoms with E-state index in [2.05, 4.69) is 41.8 Å². The highest BCUT2D eigenvalue weighted by atomic mass is 16.2. The van der Waals surface area contributed by atoms with Gasteiger partial charge in [-0.2, -0.15) is 0 Å². The molecule has 1 heterocycles. The van der Waals surface area contributed by atoms with Gasteiger partial charge in [-0.1, -0.05) is 30.3 Å². The van der Waals surface area contributed by atoms with Crippen molar-refractivity contribution in [3.05, 3.63) is 35.9 Å². The Labute approximate surface area is 114 Å².